The van der Waals surface area contributed by atoms with Crippen molar-refractivity contribution in [3.05, 3.63) is 53.9 Å². The van der Waals surface area contributed by atoms with Gasteiger partial charge in [0.05, 0.1) is 18.8 Å². The van der Waals surface area contributed by atoms with E-state index in [1.54, 1.807) is 53.8 Å². The number of amides is 3. The van der Waals surface area contributed by atoms with E-state index < -0.39 is 19.5 Å². The van der Waals surface area contributed by atoms with Crippen LogP contribution in [-0.4, -0.2) is 63.8 Å². The predicted octanol–water partition coefficient (Wildman–Crippen LogP) is 4.06. The number of aromatic nitrogens is 2. The summed E-state index contributed by atoms with van der Waals surface area (Å²) in [5.41, 5.74) is 7.27. The van der Waals surface area contributed by atoms with Gasteiger partial charge < -0.3 is 34.3 Å². The van der Waals surface area contributed by atoms with Gasteiger partial charge in [0, 0.05) is 28.8 Å². The molecule has 224 valence electrons. The molecular formula is C29H36N5O7P. The van der Waals surface area contributed by atoms with Gasteiger partial charge in [-0.1, -0.05) is 6.07 Å². The van der Waals surface area contributed by atoms with Crippen LogP contribution in [-0.2, 0) is 29.7 Å². The molecule has 1 aliphatic carbocycles. The van der Waals surface area contributed by atoms with Gasteiger partial charge in [0.1, 0.15) is 24.2 Å². The normalized spacial score (nSPS) is 19.8. The minimum atomic E-state index is -3.45. The van der Waals surface area contributed by atoms with Crippen LogP contribution in [0.1, 0.15) is 49.2 Å². The van der Waals surface area contributed by atoms with Gasteiger partial charge >= 0.3 is 7.60 Å². The maximum absolute atomic E-state index is 13.8. The topological polar surface area (TPSA) is 155 Å². The average Bonchev–Trinajstić information content (AvgIpc) is 3.66. The number of benzene rings is 1. The van der Waals surface area contributed by atoms with Crippen molar-refractivity contribution in [2.75, 3.05) is 24.9 Å². The summed E-state index contributed by atoms with van der Waals surface area (Å²) in [6, 6.07) is 9.75. The van der Waals surface area contributed by atoms with E-state index in [-0.39, 0.29) is 55.4 Å². The van der Waals surface area contributed by atoms with Crippen molar-refractivity contribution < 1.29 is 32.7 Å². The molecule has 42 heavy (non-hydrogen) atoms. The molecule has 5 rings (SSSR count). The smallest absolute Gasteiger partial charge is 0.367 e. The van der Waals surface area contributed by atoms with Crippen LogP contribution in [0.2, 0.25) is 0 Å². The minimum absolute atomic E-state index is 0.0208. The van der Waals surface area contributed by atoms with Gasteiger partial charge in [-0.2, -0.15) is 0 Å². The number of ether oxygens (including phenoxy) is 1. The zero-order chi connectivity index (χ0) is 30.0. The highest BCUT2D eigenvalue weighted by Gasteiger charge is 2.51. The van der Waals surface area contributed by atoms with Crippen LogP contribution in [0.5, 0.6) is 5.75 Å². The maximum Gasteiger partial charge on any atom is 0.367 e. The quantitative estimate of drug-likeness (QED) is 0.296. The molecule has 2 bridgehead atoms. The van der Waals surface area contributed by atoms with Crippen LogP contribution in [0.4, 0.5) is 5.82 Å². The number of aryl methyl sites for hydroxylation is 1. The van der Waals surface area contributed by atoms with E-state index >= 15 is 0 Å². The summed E-state index contributed by atoms with van der Waals surface area (Å²) in [7, 11) is -3.45. The fourth-order valence-corrected chi connectivity index (χ4v) is 7.39. The van der Waals surface area contributed by atoms with Crippen molar-refractivity contribution in [3.8, 4) is 5.75 Å². The molecular weight excluding hydrogens is 561 g/mol. The zero-order valence-corrected chi connectivity index (χ0v) is 24.8. The first-order valence-electron chi connectivity index (χ1n) is 14.1. The summed E-state index contributed by atoms with van der Waals surface area (Å²) in [5, 5.41) is 3.37. The summed E-state index contributed by atoms with van der Waals surface area (Å²) < 4.78 is 30.7. The molecule has 2 unspecified atom stereocenters. The number of anilines is 1. The Kier molecular flexibility index (Phi) is 8.68. The van der Waals surface area contributed by atoms with Crippen molar-refractivity contribution in [1.29, 1.82) is 0 Å². The molecule has 3 atom stereocenters. The molecule has 0 radical (unpaired) electrons. The van der Waals surface area contributed by atoms with E-state index in [4.69, 9.17) is 19.5 Å². The van der Waals surface area contributed by atoms with E-state index in [0.717, 1.165) is 25.0 Å². The lowest BCUT2D eigenvalue weighted by Crippen LogP contribution is -2.51. The molecule has 1 saturated heterocycles. The molecule has 3 amide bonds. The Morgan fingerprint density at radius 1 is 1.12 bits per heavy atom. The third-order valence-electron chi connectivity index (χ3n) is 7.75. The van der Waals surface area contributed by atoms with E-state index in [1.807, 2.05) is 19.1 Å². The third kappa shape index (κ3) is 6.06. The van der Waals surface area contributed by atoms with Crippen LogP contribution in [0.3, 0.4) is 0 Å². The number of likely N-dealkylation sites (tertiary alicyclic amines) is 1. The first kappa shape index (κ1) is 29.8. The zero-order valence-electron chi connectivity index (χ0n) is 23.9. The van der Waals surface area contributed by atoms with Crippen LogP contribution < -0.4 is 15.8 Å². The van der Waals surface area contributed by atoms with Crippen molar-refractivity contribution in [3.63, 3.8) is 0 Å². The molecule has 13 heteroatoms. The molecule has 1 aromatic carbocycles. The van der Waals surface area contributed by atoms with Gasteiger partial charge in [-0.15, -0.1) is 0 Å². The molecule has 0 spiro atoms. The number of carbonyl (C=O) groups excluding carboxylic acids is 3. The van der Waals surface area contributed by atoms with E-state index in [0.29, 0.717) is 22.5 Å². The number of piperidine rings is 1. The number of rotatable bonds is 12. The van der Waals surface area contributed by atoms with E-state index in [1.165, 1.54) is 0 Å². The van der Waals surface area contributed by atoms with Crippen LogP contribution >= 0.6 is 7.60 Å². The minimum Gasteiger partial charge on any atom is -0.481 e. The first-order chi connectivity index (χ1) is 20.1. The van der Waals surface area contributed by atoms with Gasteiger partial charge in [-0.3, -0.25) is 18.9 Å². The van der Waals surface area contributed by atoms with E-state index in [9.17, 15) is 18.9 Å². The lowest BCUT2D eigenvalue weighted by molar-refractivity contribution is -0.141. The second-order valence-corrected chi connectivity index (χ2v) is 12.6. The van der Waals surface area contributed by atoms with Gasteiger partial charge in [-0.25, -0.2) is 4.98 Å². The summed E-state index contributed by atoms with van der Waals surface area (Å²) in [5.74, 6) is -0.262. The number of nitrogens with zero attached hydrogens (tertiary/aromatic N) is 3. The lowest BCUT2D eigenvalue weighted by Gasteiger charge is -2.34. The number of pyridine rings is 1. The standard InChI is InChI=1S/C29H36N5O7P/c1-4-40-42(38,41-5-2)17-39-21-11-12-24-22(14-21)23(28(30)36)15-33(24)16-26(35)34-20-10-9-19(13-20)27(34)29(37)32-25-8-6-7-18(3)31-25/h6-8,11-12,14-15,19-20,27H,4-5,9-10,13,16-17H2,1-3H3,(H2,30,36)(H,31,32,37)/t19?,20?,27-/m0/s1. The second-order valence-electron chi connectivity index (χ2n) is 10.6. The third-order valence-corrected chi connectivity index (χ3v) is 9.49. The van der Waals surface area contributed by atoms with Gasteiger partial charge in [-0.05, 0) is 76.3 Å². The Morgan fingerprint density at radius 3 is 2.57 bits per heavy atom. The summed E-state index contributed by atoms with van der Waals surface area (Å²) in [4.78, 5) is 45.5. The molecule has 12 nitrogen and oxygen atoms in total. The van der Waals surface area contributed by atoms with Gasteiger partial charge in [0.25, 0.3) is 5.91 Å². The molecule has 3 aromatic rings. The summed E-state index contributed by atoms with van der Waals surface area (Å²) in [6.45, 7) is 5.59. The predicted molar refractivity (Wildman–Crippen MR) is 156 cm³/mol. The molecule has 2 fully saturated rings. The highest BCUT2D eigenvalue weighted by atomic mass is 31.2. The number of fused-ring (bicyclic) bond motifs is 3. The molecule has 3 N–H and O–H groups in total. The molecule has 3 heterocycles. The van der Waals surface area contributed by atoms with Crippen LogP contribution in [0.25, 0.3) is 10.9 Å². The van der Waals surface area contributed by atoms with E-state index in [2.05, 4.69) is 10.3 Å². The van der Waals surface area contributed by atoms with Crippen LogP contribution in [0, 0.1) is 12.8 Å². The molecule has 1 aliphatic heterocycles. The Bertz CT molecular complexity index is 1550. The number of hydrogen-bond donors (Lipinski definition) is 2. The number of nitrogens with one attached hydrogen (secondary N) is 1. The Hall–Kier alpha value is -3.73. The Labute approximate surface area is 244 Å². The van der Waals surface area contributed by atoms with Crippen LogP contribution in [0.15, 0.2) is 42.6 Å². The van der Waals surface area contributed by atoms with Crippen molar-refractivity contribution in [1.82, 2.24) is 14.5 Å². The monoisotopic (exact) mass is 597 g/mol. The number of nitrogens with two attached hydrogens (primary N) is 1. The summed E-state index contributed by atoms with van der Waals surface area (Å²) >= 11 is 0. The first-order valence-corrected chi connectivity index (χ1v) is 15.8. The highest BCUT2D eigenvalue weighted by molar-refractivity contribution is 7.53. The largest absolute Gasteiger partial charge is 0.481 e. The fourth-order valence-electron chi connectivity index (χ4n) is 6.08. The maximum atomic E-state index is 13.8. The van der Waals surface area contributed by atoms with Crippen molar-refractivity contribution >= 4 is 42.0 Å². The Balaban J connectivity index is 1.36. The second kappa shape index (κ2) is 12.2. The molecule has 2 aromatic heterocycles. The number of primary amides is 1. The fraction of sp³-hybridized carbons (Fsp3) is 0.448. The SMILES string of the molecule is CCOP(=O)(COc1ccc2c(c1)c(C(N)=O)cn2CC(=O)N1C2CCC(C2)[C@H]1C(=O)Nc1cccc(C)n1)OCC. The molecule has 1 saturated carbocycles. The number of hydrogen-bond acceptors (Lipinski definition) is 8. The lowest BCUT2D eigenvalue weighted by atomic mass is 9.97. The molecule has 2 aliphatic rings. The number of carbonyl (C=O) groups is 3. The summed E-state index contributed by atoms with van der Waals surface area (Å²) in [6.07, 6.45) is 3.74. The van der Waals surface area contributed by atoms with Crippen molar-refractivity contribution in [2.45, 2.75) is 58.7 Å². The Morgan fingerprint density at radius 2 is 1.88 bits per heavy atom. The average molecular weight is 598 g/mol. The van der Waals surface area contributed by atoms with Crippen molar-refractivity contribution in [2.24, 2.45) is 11.7 Å². The van der Waals surface area contributed by atoms with Gasteiger partial charge in [0.15, 0.2) is 6.35 Å². The highest BCUT2D eigenvalue weighted by Crippen LogP contribution is 2.48. The van der Waals surface area contributed by atoms with Gasteiger partial charge in [0.2, 0.25) is 11.8 Å².